The Bertz CT molecular complexity index is 508. The molecule has 0 saturated heterocycles. The average Bonchev–Trinajstić information content (AvgIpc) is 2.43. The standard InChI is InChI=1S/C13H16N2O4/c1-5-9(6-2)14-10-7-12(18-3)13(19-4)8-11(10)15(16)17/h1,7-9,14H,6H2,2-4H3. The second-order valence-electron chi connectivity index (χ2n) is 3.75. The molecule has 102 valence electrons. The Hall–Kier alpha value is -2.42. The molecule has 1 aromatic carbocycles. The first-order chi connectivity index (χ1) is 9.07. The van der Waals surface area contributed by atoms with Crippen LogP contribution in [0.5, 0.6) is 11.5 Å². The third-order valence-electron chi connectivity index (χ3n) is 2.64. The second kappa shape index (κ2) is 6.50. The number of benzene rings is 1. The van der Waals surface area contributed by atoms with E-state index in [1.165, 1.54) is 26.4 Å². The van der Waals surface area contributed by atoms with Gasteiger partial charge in [0, 0.05) is 6.07 Å². The number of terminal acetylenes is 1. The molecule has 1 atom stereocenters. The SMILES string of the molecule is C#CC(CC)Nc1cc(OC)c(OC)cc1[N+](=O)[O-]. The first-order valence-corrected chi connectivity index (χ1v) is 5.70. The fourth-order valence-electron chi connectivity index (χ4n) is 1.58. The van der Waals surface area contributed by atoms with Crippen LogP contribution in [0.15, 0.2) is 12.1 Å². The maximum absolute atomic E-state index is 11.1. The largest absolute Gasteiger partial charge is 0.493 e. The number of hydrogen-bond acceptors (Lipinski definition) is 5. The van der Waals surface area contributed by atoms with Gasteiger partial charge in [-0.15, -0.1) is 6.42 Å². The molecule has 0 bridgehead atoms. The molecule has 0 heterocycles. The molecule has 0 saturated carbocycles. The van der Waals surface area contributed by atoms with Gasteiger partial charge in [-0.1, -0.05) is 12.8 Å². The van der Waals surface area contributed by atoms with Crippen molar-refractivity contribution in [3.8, 4) is 23.8 Å². The van der Waals surface area contributed by atoms with Crippen molar-refractivity contribution in [2.24, 2.45) is 0 Å². The highest BCUT2D eigenvalue weighted by molar-refractivity contribution is 5.69. The van der Waals surface area contributed by atoms with Crippen molar-refractivity contribution in [3.05, 3.63) is 22.2 Å². The highest BCUT2D eigenvalue weighted by Crippen LogP contribution is 2.37. The molecule has 0 fully saturated rings. The summed E-state index contributed by atoms with van der Waals surface area (Å²) in [5, 5.41) is 14.0. The maximum Gasteiger partial charge on any atom is 0.296 e. The lowest BCUT2D eigenvalue weighted by molar-refractivity contribution is -0.384. The highest BCUT2D eigenvalue weighted by Gasteiger charge is 2.20. The molecule has 6 nitrogen and oxygen atoms in total. The normalized spacial score (nSPS) is 11.3. The first-order valence-electron chi connectivity index (χ1n) is 5.70. The Morgan fingerprint density at radius 2 is 2.00 bits per heavy atom. The van der Waals surface area contributed by atoms with Gasteiger partial charge < -0.3 is 14.8 Å². The maximum atomic E-state index is 11.1. The summed E-state index contributed by atoms with van der Waals surface area (Å²) in [4.78, 5) is 10.6. The molecule has 0 radical (unpaired) electrons. The second-order valence-corrected chi connectivity index (χ2v) is 3.75. The van der Waals surface area contributed by atoms with Gasteiger partial charge in [0.1, 0.15) is 5.69 Å². The number of ether oxygens (including phenoxy) is 2. The van der Waals surface area contributed by atoms with Crippen LogP contribution in [0.4, 0.5) is 11.4 Å². The quantitative estimate of drug-likeness (QED) is 0.485. The van der Waals surface area contributed by atoms with Crippen molar-refractivity contribution in [3.63, 3.8) is 0 Å². The molecule has 1 N–H and O–H groups in total. The van der Waals surface area contributed by atoms with Crippen LogP contribution in [-0.4, -0.2) is 25.2 Å². The van der Waals surface area contributed by atoms with E-state index in [0.29, 0.717) is 23.6 Å². The monoisotopic (exact) mass is 264 g/mol. The molecule has 0 spiro atoms. The average molecular weight is 264 g/mol. The zero-order valence-corrected chi connectivity index (χ0v) is 11.1. The van der Waals surface area contributed by atoms with Gasteiger partial charge in [0.2, 0.25) is 0 Å². The lowest BCUT2D eigenvalue weighted by atomic mass is 10.2. The summed E-state index contributed by atoms with van der Waals surface area (Å²) in [6.45, 7) is 1.89. The van der Waals surface area contributed by atoms with Crippen LogP contribution in [0, 0.1) is 22.5 Å². The van der Waals surface area contributed by atoms with E-state index < -0.39 is 4.92 Å². The van der Waals surface area contributed by atoms with Gasteiger partial charge in [-0.25, -0.2) is 0 Å². The van der Waals surface area contributed by atoms with E-state index in [1.807, 2.05) is 6.92 Å². The minimum Gasteiger partial charge on any atom is -0.493 e. The summed E-state index contributed by atoms with van der Waals surface area (Å²) in [6.07, 6.45) is 6.00. The summed E-state index contributed by atoms with van der Waals surface area (Å²) < 4.78 is 10.2. The molecule has 1 aromatic rings. The molecule has 19 heavy (non-hydrogen) atoms. The van der Waals surface area contributed by atoms with E-state index in [-0.39, 0.29) is 11.7 Å². The molecule has 1 unspecified atom stereocenters. The van der Waals surface area contributed by atoms with E-state index >= 15 is 0 Å². The lowest BCUT2D eigenvalue weighted by Crippen LogP contribution is -2.16. The van der Waals surface area contributed by atoms with Crippen LogP contribution in [0.25, 0.3) is 0 Å². The van der Waals surface area contributed by atoms with E-state index in [1.54, 1.807) is 0 Å². The summed E-state index contributed by atoms with van der Waals surface area (Å²) in [6, 6.07) is 2.54. The van der Waals surface area contributed by atoms with Crippen LogP contribution in [-0.2, 0) is 0 Å². The van der Waals surface area contributed by atoms with Crippen molar-refractivity contribution < 1.29 is 14.4 Å². The van der Waals surface area contributed by atoms with Gasteiger partial charge in [0.15, 0.2) is 11.5 Å². The summed E-state index contributed by atoms with van der Waals surface area (Å²) in [5.41, 5.74) is 0.207. The Morgan fingerprint density at radius 3 is 2.42 bits per heavy atom. The Labute approximate surface area is 111 Å². The predicted molar refractivity (Wildman–Crippen MR) is 72.7 cm³/mol. The van der Waals surface area contributed by atoms with Crippen LogP contribution in [0.1, 0.15) is 13.3 Å². The highest BCUT2D eigenvalue weighted by atomic mass is 16.6. The molecule has 0 aliphatic heterocycles. The molecule has 0 aromatic heterocycles. The van der Waals surface area contributed by atoms with Gasteiger partial charge in [-0.05, 0) is 6.42 Å². The molecule has 0 aliphatic carbocycles. The van der Waals surface area contributed by atoms with Crippen LogP contribution < -0.4 is 14.8 Å². The van der Waals surface area contributed by atoms with Gasteiger partial charge in [-0.2, -0.15) is 0 Å². The zero-order valence-electron chi connectivity index (χ0n) is 11.1. The zero-order chi connectivity index (χ0) is 14.4. The van der Waals surface area contributed by atoms with E-state index in [9.17, 15) is 10.1 Å². The molecule has 0 aliphatic rings. The van der Waals surface area contributed by atoms with Crippen LogP contribution in [0.2, 0.25) is 0 Å². The predicted octanol–water partition coefficient (Wildman–Crippen LogP) is 2.44. The van der Waals surface area contributed by atoms with Crippen LogP contribution in [0.3, 0.4) is 0 Å². The third kappa shape index (κ3) is 3.28. The van der Waals surface area contributed by atoms with E-state index in [0.717, 1.165) is 0 Å². The fraction of sp³-hybridized carbons (Fsp3) is 0.385. The number of anilines is 1. The number of nitrogens with one attached hydrogen (secondary N) is 1. The van der Waals surface area contributed by atoms with Gasteiger partial charge >= 0.3 is 0 Å². The third-order valence-corrected chi connectivity index (χ3v) is 2.64. The number of nitro benzene ring substituents is 1. The molecule has 1 rings (SSSR count). The van der Waals surface area contributed by atoms with Gasteiger partial charge in [-0.3, -0.25) is 10.1 Å². The first kappa shape index (κ1) is 14.6. The Morgan fingerprint density at radius 1 is 1.42 bits per heavy atom. The summed E-state index contributed by atoms with van der Waals surface area (Å²) in [5.74, 6) is 3.23. The number of rotatable bonds is 6. The van der Waals surface area contributed by atoms with Gasteiger partial charge in [0.05, 0.1) is 31.3 Å². The van der Waals surface area contributed by atoms with Crippen molar-refractivity contribution in [1.29, 1.82) is 0 Å². The van der Waals surface area contributed by atoms with Crippen LogP contribution >= 0.6 is 0 Å². The van der Waals surface area contributed by atoms with E-state index in [2.05, 4.69) is 11.2 Å². The van der Waals surface area contributed by atoms with Gasteiger partial charge in [0.25, 0.3) is 5.69 Å². The lowest BCUT2D eigenvalue weighted by Gasteiger charge is -2.15. The Kier molecular flexibility index (Phi) is 5.01. The number of methoxy groups -OCH3 is 2. The van der Waals surface area contributed by atoms with Crippen molar-refractivity contribution in [1.82, 2.24) is 0 Å². The molecule has 0 amide bonds. The molecule has 6 heteroatoms. The molecular weight excluding hydrogens is 248 g/mol. The topological polar surface area (TPSA) is 73.6 Å². The summed E-state index contributed by atoms with van der Waals surface area (Å²) in [7, 11) is 2.89. The summed E-state index contributed by atoms with van der Waals surface area (Å²) >= 11 is 0. The minimum atomic E-state index is -0.493. The van der Waals surface area contributed by atoms with Crippen molar-refractivity contribution in [2.75, 3.05) is 19.5 Å². The number of nitro groups is 1. The molecular formula is C13H16N2O4. The Balaban J connectivity index is 3.28. The minimum absolute atomic E-state index is 0.105. The number of nitrogens with zero attached hydrogens (tertiary/aromatic N) is 1. The smallest absolute Gasteiger partial charge is 0.296 e. The van der Waals surface area contributed by atoms with Crippen molar-refractivity contribution >= 4 is 11.4 Å². The fourth-order valence-corrected chi connectivity index (χ4v) is 1.58. The number of hydrogen-bond donors (Lipinski definition) is 1. The van der Waals surface area contributed by atoms with Crippen molar-refractivity contribution in [2.45, 2.75) is 19.4 Å². The van der Waals surface area contributed by atoms with E-state index in [4.69, 9.17) is 15.9 Å².